The van der Waals surface area contributed by atoms with E-state index in [0.29, 0.717) is 49.6 Å². The van der Waals surface area contributed by atoms with Crippen LogP contribution < -0.4 is 25.0 Å². The summed E-state index contributed by atoms with van der Waals surface area (Å²) in [7, 11) is 1.57. The Kier molecular flexibility index (Phi) is 11.3. The molecule has 3 rings (SSSR count). The van der Waals surface area contributed by atoms with Crippen LogP contribution in [0, 0.1) is 0 Å². The summed E-state index contributed by atoms with van der Waals surface area (Å²) < 4.78 is 17.4. The third kappa shape index (κ3) is 8.93. The highest BCUT2D eigenvalue weighted by Gasteiger charge is 2.14. The molecule has 0 fully saturated rings. The predicted octanol–water partition coefficient (Wildman–Crippen LogP) is 6.61. The SMILES string of the molecule is CCOc1cc(C=NNC(=O)CCC(=O)Nc2ccc(OC)cc2)cc(Br)c1OCc1ccc(Cl)cc1Cl. The molecule has 38 heavy (non-hydrogen) atoms. The maximum absolute atomic E-state index is 12.1. The normalized spacial score (nSPS) is 10.8. The van der Waals surface area contributed by atoms with E-state index < -0.39 is 5.91 Å². The summed E-state index contributed by atoms with van der Waals surface area (Å²) in [5, 5.41) is 7.77. The van der Waals surface area contributed by atoms with Crippen molar-refractivity contribution in [3.05, 3.63) is 80.2 Å². The third-order valence-electron chi connectivity index (χ3n) is 5.07. The minimum Gasteiger partial charge on any atom is -0.497 e. The molecule has 0 aromatic heterocycles. The molecule has 0 heterocycles. The number of anilines is 1. The first kappa shape index (κ1) is 29.3. The van der Waals surface area contributed by atoms with Crippen LogP contribution in [0.25, 0.3) is 0 Å². The van der Waals surface area contributed by atoms with Crippen LogP contribution in [0.15, 0.2) is 64.2 Å². The number of methoxy groups -OCH3 is 1. The minimum atomic E-state index is -0.393. The second-order valence-electron chi connectivity index (χ2n) is 7.86. The average molecular weight is 623 g/mol. The molecule has 0 aliphatic carbocycles. The fourth-order valence-electron chi connectivity index (χ4n) is 3.21. The largest absolute Gasteiger partial charge is 0.497 e. The molecule has 2 amide bonds. The van der Waals surface area contributed by atoms with Gasteiger partial charge in [-0.15, -0.1) is 0 Å². The van der Waals surface area contributed by atoms with Crippen molar-refractivity contribution in [1.82, 2.24) is 5.43 Å². The number of hydrogen-bond acceptors (Lipinski definition) is 6. The molecule has 2 N–H and O–H groups in total. The summed E-state index contributed by atoms with van der Waals surface area (Å²) >= 11 is 15.7. The second kappa shape index (κ2) is 14.6. The van der Waals surface area contributed by atoms with Gasteiger partial charge in [0.15, 0.2) is 11.5 Å². The molecule has 0 aliphatic rings. The summed E-state index contributed by atoms with van der Waals surface area (Å²) in [5.74, 6) is 1.01. The summed E-state index contributed by atoms with van der Waals surface area (Å²) in [6, 6.07) is 15.6. The topological polar surface area (TPSA) is 98.2 Å². The van der Waals surface area contributed by atoms with Crippen LogP contribution in [0.1, 0.15) is 30.9 Å². The maximum Gasteiger partial charge on any atom is 0.240 e. The van der Waals surface area contributed by atoms with Gasteiger partial charge in [0.25, 0.3) is 0 Å². The number of carbonyl (C=O) groups is 2. The highest BCUT2D eigenvalue weighted by atomic mass is 79.9. The molecule has 0 saturated carbocycles. The van der Waals surface area contributed by atoms with E-state index >= 15 is 0 Å². The Balaban J connectivity index is 1.54. The van der Waals surface area contributed by atoms with Crippen molar-refractivity contribution in [2.75, 3.05) is 19.0 Å². The lowest BCUT2D eigenvalue weighted by Crippen LogP contribution is -2.20. The van der Waals surface area contributed by atoms with E-state index in [0.717, 1.165) is 5.56 Å². The molecule has 0 radical (unpaired) electrons. The maximum atomic E-state index is 12.1. The summed E-state index contributed by atoms with van der Waals surface area (Å²) in [6.07, 6.45) is 1.47. The van der Waals surface area contributed by atoms with E-state index in [-0.39, 0.29) is 25.4 Å². The quantitative estimate of drug-likeness (QED) is 0.175. The third-order valence-corrected chi connectivity index (χ3v) is 6.25. The summed E-state index contributed by atoms with van der Waals surface area (Å²) in [5.41, 5.74) is 4.48. The van der Waals surface area contributed by atoms with Crippen molar-refractivity contribution < 1.29 is 23.8 Å². The van der Waals surface area contributed by atoms with Crippen molar-refractivity contribution >= 4 is 62.8 Å². The number of amides is 2. The van der Waals surface area contributed by atoms with Gasteiger partial charge in [0, 0.05) is 34.1 Å². The molecule has 0 bridgehead atoms. The fraction of sp³-hybridized carbons (Fsp3) is 0.222. The average Bonchev–Trinajstić information content (AvgIpc) is 2.88. The van der Waals surface area contributed by atoms with Gasteiger partial charge >= 0.3 is 0 Å². The zero-order valence-corrected chi connectivity index (χ0v) is 23.8. The molecular weight excluding hydrogens is 597 g/mol. The number of halogens is 3. The van der Waals surface area contributed by atoms with Crippen LogP contribution >= 0.6 is 39.1 Å². The number of carbonyl (C=O) groups excluding carboxylic acids is 2. The van der Waals surface area contributed by atoms with Gasteiger partial charge < -0.3 is 19.5 Å². The Labute approximate surface area is 239 Å². The number of ether oxygens (including phenoxy) is 3. The number of nitrogens with one attached hydrogen (secondary N) is 2. The molecule has 200 valence electrons. The van der Waals surface area contributed by atoms with E-state index in [9.17, 15) is 9.59 Å². The van der Waals surface area contributed by atoms with Gasteiger partial charge in [-0.3, -0.25) is 9.59 Å². The molecule has 3 aromatic carbocycles. The Morgan fingerprint density at radius 2 is 1.74 bits per heavy atom. The van der Waals surface area contributed by atoms with Crippen LogP contribution in [0.3, 0.4) is 0 Å². The van der Waals surface area contributed by atoms with Crippen molar-refractivity contribution in [2.24, 2.45) is 5.10 Å². The van der Waals surface area contributed by atoms with Crippen LogP contribution in [-0.2, 0) is 16.2 Å². The number of hydrazone groups is 1. The van der Waals surface area contributed by atoms with Crippen LogP contribution in [0.4, 0.5) is 5.69 Å². The van der Waals surface area contributed by atoms with Crippen molar-refractivity contribution in [3.63, 3.8) is 0 Å². The Bertz CT molecular complexity index is 1300. The number of hydrogen-bond donors (Lipinski definition) is 2. The molecule has 0 aliphatic heterocycles. The molecule has 8 nitrogen and oxygen atoms in total. The first-order valence-electron chi connectivity index (χ1n) is 11.6. The molecule has 0 atom stereocenters. The number of rotatable bonds is 12. The summed E-state index contributed by atoms with van der Waals surface area (Å²) in [4.78, 5) is 24.2. The molecule has 0 unspecified atom stereocenters. The lowest BCUT2D eigenvalue weighted by atomic mass is 10.2. The smallest absolute Gasteiger partial charge is 0.240 e. The van der Waals surface area contributed by atoms with Gasteiger partial charge in [0.05, 0.1) is 24.4 Å². The van der Waals surface area contributed by atoms with E-state index in [4.69, 9.17) is 37.4 Å². The standard InChI is InChI=1S/C27H26BrCl2N3O5/c1-3-37-24-13-17(12-22(28)27(24)38-16-18-4-5-19(29)14-23(18)30)15-31-33-26(35)11-10-25(34)32-20-6-8-21(36-2)9-7-20/h4-9,12-15H,3,10-11,16H2,1-2H3,(H,32,34)(H,33,35). The van der Waals surface area contributed by atoms with Gasteiger partial charge in [-0.05, 0) is 76.9 Å². The van der Waals surface area contributed by atoms with E-state index in [1.807, 2.05) is 6.92 Å². The number of benzene rings is 3. The van der Waals surface area contributed by atoms with Gasteiger partial charge in [0.2, 0.25) is 11.8 Å². The molecule has 3 aromatic rings. The monoisotopic (exact) mass is 621 g/mol. The zero-order valence-electron chi connectivity index (χ0n) is 20.7. The number of nitrogens with zero attached hydrogens (tertiary/aromatic N) is 1. The predicted molar refractivity (Wildman–Crippen MR) is 153 cm³/mol. The second-order valence-corrected chi connectivity index (χ2v) is 9.56. The molecule has 0 spiro atoms. The van der Waals surface area contributed by atoms with Gasteiger partial charge in [0.1, 0.15) is 12.4 Å². The van der Waals surface area contributed by atoms with Crippen molar-refractivity contribution in [2.45, 2.75) is 26.4 Å². The summed E-state index contributed by atoms with van der Waals surface area (Å²) in [6.45, 7) is 2.49. The van der Waals surface area contributed by atoms with Crippen molar-refractivity contribution in [3.8, 4) is 17.2 Å². The van der Waals surface area contributed by atoms with Crippen LogP contribution in [-0.4, -0.2) is 31.7 Å². The highest BCUT2D eigenvalue weighted by Crippen LogP contribution is 2.37. The van der Waals surface area contributed by atoms with E-state index in [1.54, 1.807) is 61.7 Å². The van der Waals surface area contributed by atoms with Gasteiger partial charge in [-0.2, -0.15) is 5.10 Å². The molecule has 11 heteroatoms. The Morgan fingerprint density at radius 3 is 2.42 bits per heavy atom. The first-order chi connectivity index (χ1) is 18.3. The lowest BCUT2D eigenvalue weighted by Gasteiger charge is -2.15. The Hall–Kier alpha value is -3.27. The molecular formula is C27H26BrCl2N3O5. The van der Waals surface area contributed by atoms with E-state index in [2.05, 4.69) is 31.8 Å². The zero-order chi connectivity index (χ0) is 27.5. The van der Waals surface area contributed by atoms with Crippen LogP contribution in [0.5, 0.6) is 17.2 Å². The highest BCUT2D eigenvalue weighted by molar-refractivity contribution is 9.10. The fourth-order valence-corrected chi connectivity index (χ4v) is 4.25. The lowest BCUT2D eigenvalue weighted by molar-refractivity contribution is -0.124. The molecule has 0 saturated heterocycles. The van der Waals surface area contributed by atoms with Gasteiger partial charge in [-0.25, -0.2) is 5.43 Å². The minimum absolute atomic E-state index is 0.0110. The van der Waals surface area contributed by atoms with Gasteiger partial charge in [-0.1, -0.05) is 29.3 Å². The first-order valence-corrected chi connectivity index (χ1v) is 13.1. The van der Waals surface area contributed by atoms with E-state index in [1.165, 1.54) is 6.21 Å². The Morgan fingerprint density at radius 1 is 1.00 bits per heavy atom. The van der Waals surface area contributed by atoms with Crippen molar-refractivity contribution in [1.29, 1.82) is 0 Å². The van der Waals surface area contributed by atoms with Crippen LogP contribution in [0.2, 0.25) is 10.0 Å².